The third-order valence-electron chi connectivity index (χ3n) is 1.12. The second-order valence-electron chi connectivity index (χ2n) is 1.93. The van der Waals surface area contributed by atoms with Gasteiger partial charge in [0.1, 0.15) is 10.8 Å². The molecule has 0 saturated carbocycles. The first kappa shape index (κ1) is 10.2. The zero-order chi connectivity index (χ0) is 9.30. The molecule has 0 radical (unpaired) electrons. The summed E-state index contributed by atoms with van der Waals surface area (Å²) in [7, 11) is 0. The van der Waals surface area contributed by atoms with E-state index in [2.05, 4.69) is 20.9 Å². The van der Waals surface area contributed by atoms with Crippen LogP contribution in [0.15, 0.2) is 10.5 Å². The highest BCUT2D eigenvalue weighted by molar-refractivity contribution is 9.10. The molecule has 0 aliphatic carbocycles. The van der Waals surface area contributed by atoms with Gasteiger partial charge in [0, 0.05) is 4.47 Å². The number of halogens is 5. The molecule has 0 bridgehead atoms. The van der Waals surface area contributed by atoms with E-state index in [1.165, 1.54) is 6.07 Å². The number of hydrogen-bond donors (Lipinski definition) is 0. The molecule has 1 nitrogen and oxygen atoms in total. The number of pyridine rings is 1. The fourth-order valence-corrected chi connectivity index (χ4v) is 1.53. The lowest BCUT2D eigenvalue weighted by Gasteiger charge is -2.03. The van der Waals surface area contributed by atoms with Crippen LogP contribution in [0.1, 0.15) is 12.1 Å². The predicted octanol–water partition coefficient (Wildman–Crippen LogP) is 4.09. The molecule has 1 aromatic rings. The van der Waals surface area contributed by atoms with Crippen molar-refractivity contribution in [3.8, 4) is 0 Å². The molecular formula is C6H2BrCl2F2N. The molecule has 0 spiro atoms. The van der Waals surface area contributed by atoms with Crippen LogP contribution in [0.2, 0.25) is 10.2 Å². The van der Waals surface area contributed by atoms with Crippen molar-refractivity contribution in [3.05, 3.63) is 26.4 Å². The van der Waals surface area contributed by atoms with Crippen molar-refractivity contribution in [1.29, 1.82) is 0 Å². The van der Waals surface area contributed by atoms with Gasteiger partial charge in [-0.05, 0) is 22.0 Å². The second kappa shape index (κ2) is 3.85. The predicted molar refractivity (Wildman–Crippen MR) is 46.9 cm³/mol. The van der Waals surface area contributed by atoms with Crippen LogP contribution < -0.4 is 0 Å². The van der Waals surface area contributed by atoms with E-state index in [4.69, 9.17) is 23.2 Å². The van der Waals surface area contributed by atoms with Gasteiger partial charge < -0.3 is 0 Å². The van der Waals surface area contributed by atoms with E-state index in [9.17, 15) is 8.78 Å². The Kier molecular flexibility index (Phi) is 3.26. The molecule has 0 N–H and O–H groups in total. The van der Waals surface area contributed by atoms with Crippen LogP contribution in [-0.2, 0) is 0 Å². The van der Waals surface area contributed by atoms with Gasteiger partial charge in [0.2, 0.25) is 0 Å². The zero-order valence-corrected chi connectivity index (χ0v) is 8.59. The fourth-order valence-electron chi connectivity index (χ4n) is 0.610. The molecule has 1 aromatic heterocycles. The summed E-state index contributed by atoms with van der Waals surface area (Å²) < 4.78 is 24.4. The summed E-state index contributed by atoms with van der Waals surface area (Å²) in [4.78, 5) is 3.41. The van der Waals surface area contributed by atoms with Crippen molar-refractivity contribution in [2.24, 2.45) is 0 Å². The lowest BCUT2D eigenvalue weighted by Crippen LogP contribution is -1.92. The first-order chi connectivity index (χ1) is 5.52. The first-order valence-electron chi connectivity index (χ1n) is 2.82. The Balaban J connectivity index is 3.23. The van der Waals surface area contributed by atoms with Crippen LogP contribution in [0.25, 0.3) is 0 Å². The van der Waals surface area contributed by atoms with Gasteiger partial charge in [-0.3, -0.25) is 0 Å². The van der Waals surface area contributed by atoms with E-state index < -0.39 is 12.1 Å². The zero-order valence-electron chi connectivity index (χ0n) is 5.49. The Labute approximate surface area is 85.8 Å². The second-order valence-corrected chi connectivity index (χ2v) is 3.55. The smallest absolute Gasteiger partial charge is 0.232 e. The Morgan fingerprint density at radius 2 is 2.00 bits per heavy atom. The quantitative estimate of drug-likeness (QED) is 0.704. The van der Waals surface area contributed by atoms with Gasteiger partial charge in [0.25, 0.3) is 6.43 Å². The molecule has 0 saturated heterocycles. The Morgan fingerprint density at radius 1 is 1.42 bits per heavy atom. The molecule has 12 heavy (non-hydrogen) atoms. The van der Waals surface area contributed by atoms with Gasteiger partial charge in [-0.15, -0.1) is 0 Å². The van der Waals surface area contributed by atoms with E-state index in [1.807, 2.05) is 0 Å². The Bertz CT molecular complexity index is 306. The molecule has 66 valence electrons. The van der Waals surface area contributed by atoms with Crippen molar-refractivity contribution in [2.75, 3.05) is 0 Å². The summed E-state index contributed by atoms with van der Waals surface area (Å²) in [6, 6.07) is 1.29. The number of rotatable bonds is 1. The van der Waals surface area contributed by atoms with Gasteiger partial charge in [-0.25, -0.2) is 13.8 Å². The van der Waals surface area contributed by atoms with Crippen LogP contribution in [-0.4, -0.2) is 4.98 Å². The van der Waals surface area contributed by atoms with Crippen molar-refractivity contribution >= 4 is 39.1 Å². The van der Waals surface area contributed by atoms with E-state index in [1.54, 1.807) is 0 Å². The molecule has 0 aliphatic heterocycles. The van der Waals surface area contributed by atoms with E-state index in [0.717, 1.165) is 0 Å². The summed E-state index contributed by atoms with van der Waals surface area (Å²) in [5, 5.41) is 0.0307. The summed E-state index contributed by atoms with van der Waals surface area (Å²) in [6.07, 6.45) is -2.66. The number of alkyl halides is 2. The largest absolute Gasteiger partial charge is 0.281 e. The number of nitrogens with zero attached hydrogens (tertiary/aromatic N) is 1. The van der Waals surface area contributed by atoms with Gasteiger partial charge in [0.15, 0.2) is 0 Å². The summed E-state index contributed by atoms with van der Waals surface area (Å²) >= 11 is 13.9. The molecule has 0 amide bonds. The molecule has 0 atom stereocenters. The Hall–Kier alpha value is 0.0700. The highest BCUT2D eigenvalue weighted by Gasteiger charge is 2.15. The lowest BCUT2D eigenvalue weighted by atomic mass is 10.4. The molecule has 1 heterocycles. The van der Waals surface area contributed by atoms with Crippen molar-refractivity contribution in [3.63, 3.8) is 0 Å². The maximum atomic E-state index is 12.1. The van der Waals surface area contributed by atoms with E-state index in [0.29, 0.717) is 0 Å². The third-order valence-corrected chi connectivity index (χ3v) is 2.43. The minimum absolute atomic E-state index is 0.116. The average Bonchev–Trinajstić information content (AvgIpc) is 1.96. The van der Waals surface area contributed by atoms with Gasteiger partial charge >= 0.3 is 0 Å². The number of hydrogen-bond acceptors (Lipinski definition) is 1. The Morgan fingerprint density at radius 3 is 2.50 bits per heavy atom. The van der Waals surface area contributed by atoms with Crippen molar-refractivity contribution in [2.45, 2.75) is 6.43 Å². The monoisotopic (exact) mass is 275 g/mol. The van der Waals surface area contributed by atoms with Crippen LogP contribution in [0.3, 0.4) is 0 Å². The molecule has 0 fully saturated rings. The first-order valence-corrected chi connectivity index (χ1v) is 4.37. The van der Waals surface area contributed by atoms with E-state index >= 15 is 0 Å². The van der Waals surface area contributed by atoms with Gasteiger partial charge in [-0.1, -0.05) is 23.2 Å². The number of aromatic nitrogens is 1. The van der Waals surface area contributed by atoms with Crippen LogP contribution >= 0.6 is 39.1 Å². The van der Waals surface area contributed by atoms with Crippen LogP contribution in [0.4, 0.5) is 8.78 Å². The molecule has 0 unspecified atom stereocenters. The van der Waals surface area contributed by atoms with Crippen LogP contribution in [0, 0.1) is 0 Å². The molecule has 6 heteroatoms. The SMILES string of the molecule is FC(F)c1nc(Cl)c(Cl)cc1Br. The van der Waals surface area contributed by atoms with Gasteiger partial charge in [0.05, 0.1) is 5.02 Å². The van der Waals surface area contributed by atoms with Crippen molar-refractivity contribution in [1.82, 2.24) is 4.98 Å². The van der Waals surface area contributed by atoms with Gasteiger partial charge in [-0.2, -0.15) is 0 Å². The average molecular weight is 277 g/mol. The van der Waals surface area contributed by atoms with E-state index in [-0.39, 0.29) is 14.6 Å². The minimum atomic E-state index is -2.66. The summed E-state index contributed by atoms with van der Waals surface area (Å²) in [6.45, 7) is 0. The van der Waals surface area contributed by atoms with Crippen molar-refractivity contribution < 1.29 is 8.78 Å². The standard InChI is InChI=1S/C6H2BrCl2F2N/c7-2-1-3(8)5(9)12-4(2)6(10)11/h1,6H. The minimum Gasteiger partial charge on any atom is -0.232 e. The highest BCUT2D eigenvalue weighted by atomic mass is 79.9. The normalized spacial score (nSPS) is 10.8. The maximum Gasteiger partial charge on any atom is 0.281 e. The topological polar surface area (TPSA) is 12.9 Å². The molecule has 0 aliphatic rings. The summed E-state index contributed by atoms with van der Waals surface area (Å²) in [5.41, 5.74) is -0.399. The summed E-state index contributed by atoms with van der Waals surface area (Å²) in [5.74, 6) is 0. The molecular weight excluding hydrogens is 275 g/mol. The lowest BCUT2D eigenvalue weighted by molar-refractivity contribution is 0.145. The highest BCUT2D eigenvalue weighted by Crippen LogP contribution is 2.31. The third kappa shape index (κ3) is 2.06. The molecule has 1 rings (SSSR count). The maximum absolute atomic E-state index is 12.1. The van der Waals surface area contributed by atoms with Crippen LogP contribution in [0.5, 0.6) is 0 Å². The fraction of sp³-hybridized carbons (Fsp3) is 0.167. The molecule has 0 aromatic carbocycles.